The normalized spacial score (nSPS) is 18.7. The Hall–Kier alpha value is -2.10. The zero-order chi connectivity index (χ0) is 18.0. The van der Waals surface area contributed by atoms with Crippen LogP contribution in [0.1, 0.15) is 16.7 Å². The van der Waals surface area contributed by atoms with Crippen LogP contribution in [0, 0.1) is 0 Å². The summed E-state index contributed by atoms with van der Waals surface area (Å²) in [5, 5.41) is -0.313. The summed E-state index contributed by atoms with van der Waals surface area (Å²) in [6.45, 7) is 0.483. The number of rotatable bonds is 3. The van der Waals surface area contributed by atoms with Gasteiger partial charge in [0.1, 0.15) is 5.38 Å². The Morgan fingerprint density at radius 2 is 1.38 bits per heavy atom. The van der Waals surface area contributed by atoms with Gasteiger partial charge in [0, 0.05) is 21.2 Å². The zero-order valence-corrected chi connectivity index (χ0v) is 16.3. The standard InChI is InChI=1S/C22H17BrClNO/c23-19-13-11-16(12-14-19)21-25-15-20(24)22(26-21,17-7-3-1-4-8-17)18-9-5-2-6-10-18/h1-14,20H,15H2/t20-/m0/s1. The number of nitrogens with zero attached hydrogens (tertiary/aromatic N) is 1. The molecule has 4 heteroatoms. The molecule has 0 saturated heterocycles. The average Bonchev–Trinajstić information content (AvgIpc) is 2.70. The summed E-state index contributed by atoms with van der Waals surface area (Å²) in [6.07, 6.45) is 0. The van der Waals surface area contributed by atoms with Gasteiger partial charge in [0.2, 0.25) is 5.90 Å². The van der Waals surface area contributed by atoms with Crippen LogP contribution in [-0.4, -0.2) is 17.8 Å². The lowest BCUT2D eigenvalue weighted by Gasteiger charge is -2.41. The number of aliphatic imine (C=N–C) groups is 1. The van der Waals surface area contributed by atoms with E-state index in [0.29, 0.717) is 12.4 Å². The third kappa shape index (κ3) is 3.06. The molecule has 0 bridgehead atoms. The Labute approximate surface area is 166 Å². The van der Waals surface area contributed by atoms with Crippen molar-refractivity contribution in [1.29, 1.82) is 0 Å². The fourth-order valence-electron chi connectivity index (χ4n) is 3.30. The fraction of sp³-hybridized carbons (Fsp3) is 0.136. The smallest absolute Gasteiger partial charge is 0.217 e. The summed E-state index contributed by atoms with van der Waals surface area (Å²) < 4.78 is 7.61. The summed E-state index contributed by atoms with van der Waals surface area (Å²) in [7, 11) is 0. The molecule has 1 heterocycles. The van der Waals surface area contributed by atoms with E-state index in [1.165, 1.54) is 0 Å². The van der Waals surface area contributed by atoms with Crippen LogP contribution < -0.4 is 0 Å². The molecule has 0 unspecified atom stereocenters. The Balaban J connectivity index is 1.85. The minimum atomic E-state index is -0.783. The summed E-state index contributed by atoms with van der Waals surface area (Å²) in [5.74, 6) is 0.613. The molecule has 0 radical (unpaired) electrons. The Bertz CT molecular complexity index is 870. The molecule has 3 aromatic rings. The molecule has 0 N–H and O–H groups in total. The highest BCUT2D eigenvalue weighted by Gasteiger charge is 2.47. The highest BCUT2D eigenvalue weighted by molar-refractivity contribution is 9.10. The van der Waals surface area contributed by atoms with Crippen LogP contribution in [0.2, 0.25) is 0 Å². The second-order valence-electron chi connectivity index (χ2n) is 6.19. The average molecular weight is 427 g/mol. The predicted octanol–water partition coefficient (Wildman–Crippen LogP) is 5.78. The summed E-state index contributed by atoms with van der Waals surface area (Å²) >= 11 is 10.3. The molecule has 1 atom stereocenters. The van der Waals surface area contributed by atoms with Crippen LogP contribution in [0.3, 0.4) is 0 Å². The monoisotopic (exact) mass is 425 g/mol. The molecule has 0 aliphatic carbocycles. The number of alkyl halides is 1. The zero-order valence-electron chi connectivity index (χ0n) is 14.0. The molecule has 2 nitrogen and oxygen atoms in total. The van der Waals surface area contributed by atoms with Crippen LogP contribution in [-0.2, 0) is 10.3 Å². The number of halogens is 2. The second-order valence-corrected chi connectivity index (χ2v) is 7.63. The lowest BCUT2D eigenvalue weighted by atomic mass is 9.82. The first kappa shape index (κ1) is 17.3. The van der Waals surface area contributed by atoms with Crippen molar-refractivity contribution in [3.63, 3.8) is 0 Å². The third-order valence-corrected chi connectivity index (χ3v) is 5.56. The molecule has 130 valence electrons. The van der Waals surface area contributed by atoms with Crippen LogP contribution in [0.4, 0.5) is 0 Å². The van der Waals surface area contributed by atoms with E-state index in [4.69, 9.17) is 16.3 Å². The van der Waals surface area contributed by atoms with Crippen molar-refractivity contribution in [1.82, 2.24) is 0 Å². The first-order valence-corrected chi connectivity index (χ1v) is 9.67. The maximum atomic E-state index is 6.85. The number of ether oxygens (including phenoxy) is 1. The summed E-state index contributed by atoms with van der Waals surface area (Å²) in [5.41, 5.74) is 2.20. The van der Waals surface area contributed by atoms with Gasteiger partial charge in [0.15, 0.2) is 5.60 Å². The summed E-state index contributed by atoms with van der Waals surface area (Å²) in [6, 6.07) is 28.3. The molecule has 26 heavy (non-hydrogen) atoms. The number of benzene rings is 3. The van der Waals surface area contributed by atoms with Crippen molar-refractivity contribution in [2.75, 3.05) is 6.54 Å². The van der Waals surface area contributed by atoms with E-state index in [0.717, 1.165) is 21.2 Å². The van der Waals surface area contributed by atoms with Crippen LogP contribution in [0.25, 0.3) is 0 Å². The van der Waals surface area contributed by atoms with E-state index in [-0.39, 0.29) is 5.38 Å². The minimum absolute atomic E-state index is 0.313. The molecule has 0 spiro atoms. The van der Waals surface area contributed by atoms with E-state index in [1.807, 2.05) is 60.7 Å². The topological polar surface area (TPSA) is 21.6 Å². The van der Waals surface area contributed by atoms with E-state index < -0.39 is 5.60 Å². The van der Waals surface area contributed by atoms with Gasteiger partial charge in [-0.1, -0.05) is 76.6 Å². The van der Waals surface area contributed by atoms with Crippen LogP contribution in [0.5, 0.6) is 0 Å². The lowest BCUT2D eigenvalue weighted by Crippen LogP contribution is -2.46. The fourth-order valence-corrected chi connectivity index (χ4v) is 3.93. The number of hydrogen-bond acceptors (Lipinski definition) is 2. The van der Waals surface area contributed by atoms with E-state index in [9.17, 15) is 0 Å². The Kier molecular flexibility index (Phi) is 4.84. The van der Waals surface area contributed by atoms with Gasteiger partial charge in [0.05, 0.1) is 6.54 Å². The molecule has 0 fully saturated rings. The highest BCUT2D eigenvalue weighted by atomic mass is 79.9. The first-order valence-electron chi connectivity index (χ1n) is 8.44. The van der Waals surface area contributed by atoms with Gasteiger partial charge in [-0.3, -0.25) is 0 Å². The molecular formula is C22H17BrClNO. The van der Waals surface area contributed by atoms with E-state index in [2.05, 4.69) is 45.2 Å². The Morgan fingerprint density at radius 3 is 1.92 bits per heavy atom. The van der Waals surface area contributed by atoms with Crippen molar-refractivity contribution < 1.29 is 4.74 Å². The molecule has 0 saturated carbocycles. The number of hydrogen-bond donors (Lipinski definition) is 0. The second kappa shape index (κ2) is 7.26. The van der Waals surface area contributed by atoms with Crippen molar-refractivity contribution in [2.24, 2.45) is 4.99 Å². The largest absolute Gasteiger partial charge is 0.459 e. The first-order chi connectivity index (χ1) is 12.7. The van der Waals surface area contributed by atoms with Gasteiger partial charge in [-0.15, -0.1) is 11.6 Å². The van der Waals surface area contributed by atoms with Gasteiger partial charge in [0.25, 0.3) is 0 Å². The lowest BCUT2D eigenvalue weighted by molar-refractivity contribution is 0.0819. The molecule has 0 amide bonds. The Morgan fingerprint density at radius 1 is 0.846 bits per heavy atom. The van der Waals surface area contributed by atoms with Gasteiger partial charge in [-0.05, 0) is 24.3 Å². The molecule has 1 aliphatic heterocycles. The van der Waals surface area contributed by atoms with Crippen molar-refractivity contribution in [3.8, 4) is 0 Å². The van der Waals surface area contributed by atoms with Crippen LogP contribution in [0.15, 0.2) is 94.4 Å². The van der Waals surface area contributed by atoms with Gasteiger partial charge >= 0.3 is 0 Å². The summed E-state index contributed by atoms with van der Waals surface area (Å²) in [4.78, 5) is 4.60. The van der Waals surface area contributed by atoms with Gasteiger partial charge in [-0.2, -0.15) is 0 Å². The molecule has 0 aromatic heterocycles. The molecule has 1 aliphatic rings. The molecule has 3 aromatic carbocycles. The van der Waals surface area contributed by atoms with E-state index >= 15 is 0 Å². The molecular weight excluding hydrogens is 410 g/mol. The highest BCUT2D eigenvalue weighted by Crippen LogP contribution is 2.42. The quantitative estimate of drug-likeness (QED) is 0.487. The van der Waals surface area contributed by atoms with Crippen molar-refractivity contribution in [3.05, 3.63) is 106 Å². The molecule has 4 rings (SSSR count). The van der Waals surface area contributed by atoms with Gasteiger partial charge < -0.3 is 4.74 Å². The van der Waals surface area contributed by atoms with Gasteiger partial charge in [-0.25, -0.2) is 4.99 Å². The van der Waals surface area contributed by atoms with E-state index in [1.54, 1.807) is 0 Å². The van der Waals surface area contributed by atoms with Crippen molar-refractivity contribution >= 4 is 33.4 Å². The minimum Gasteiger partial charge on any atom is -0.459 e. The van der Waals surface area contributed by atoms with Crippen LogP contribution >= 0.6 is 27.5 Å². The predicted molar refractivity (Wildman–Crippen MR) is 110 cm³/mol. The maximum Gasteiger partial charge on any atom is 0.217 e. The maximum absolute atomic E-state index is 6.85. The third-order valence-electron chi connectivity index (χ3n) is 4.59. The van der Waals surface area contributed by atoms with Crippen molar-refractivity contribution in [2.45, 2.75) is 11.0 Å². The SMILES string of the molecule is Cl[C@H]1CN=C(c2ccc(Br)cc2)OC1(c1ccccc1)c1ccccc1.